The highest BCUT2D eigenvalue weighted by Crippen LogP contribution is 2.21. The Bertz CT molecular complexity index is 452. The molecule has 0 aromatic carbocycles. The molecule has 5 nitrogen and oxygen atoms in total. The molecule has 1 unspecified atom stereocenters. The quantitative estimate of drug-likeness (QED) is 0.684. The van der Waals surface area contributed by atoms with Gasteiger partial charge in [0.05, 0.1) is 12.2 Å². The van der Waals surface area contributed by atoms with E-state index < -0.39 is 0 Å². The van der Waals surface area contributed by atoms with Crippen LogP contribution in [0, 0.1) is 13.8 Å². The summed E-state index contributed by atoms with van der Waals surface area (Å²) in [5.41, 5.74) is 0.956. The van der Waals surface area contributed by atoms with E-state index >= 15 is 0 Å². The minimum atomic E-state index is 0.585. The molecule has 1 aromatic rings. The number of nitrogens with one attached hydrogen (secondary N) is 1. The maximum Gasteiger partial charge on any atom is 0.214 e. The molecule has 6 heteroatoms. The topological polar surface area (TPSA) is 53.7 Å². The fraction of sp³-hybridized carbons (Fsp3) is 0.714. The first-order valence-corrected chi connectivity index (χ1v) is 8.19. The van der Waals surface area contributed by atoms with Crippen LogP contribution in [-0.4, -0.2) is 47.0 Å². The highest BCUT2D eigenvalue weighted by atomic mass is 32.2. The molecule has 0 spiro atoms. The van der Waals surface area contributed by atoms with E-state index in [2.05, 4.69) is 38.9 Å². The number of guanidine groups is 1. The Balaban J connectivity index is 1.92. The van der Waals surface area contributed by atoms with Gasteiger partial charge in [0.15, 0.2) is 5.96 Å². The lowest BCUT2D eigenvalue weighted by atomic mass is 10.3. The summed E-state index contributed by atoms with van der Waals surface area (Å²) in [6.45, 7) is 8.84. The Morgan fingerprint density at radius 3 is 2.95 bits per heavy atom. The van der Waals surface area contributed by atoms with E-state index in [9.17, 15) is 0 Å². The van der Waals surface area contributed by atoms with Crippen LogP contribution in [0.2, 0.25) is 0 Å². The molecule has 1 N–H and O–H groups in total. The van der Waals surface area contributed by atoms with Gasteiger partial charge in [-0.15, -0.1) is 0 Å². The number of rotatable bonds is 3. The van der Waals surface area contributed by atoms with Crippen LogP contribution in [0.15, 0.2) is 9.41 Å². The summed E-state index contributed by atoms with van der Waals surface area (Å²) in [4.78, 5) is 11.1. The first-order valence-electron chi connectivity index (χ1n) is 7.14. The van der Waals surface area contributed by atoms with Crippen LogP contribution in [0.5, 0.6) is 0 Å². The lowest BCUT2D eigenvalue weighted by Gasteiger charge is -2.34. The Morgan fingerprint density at radius 2 is 2.35 bits per heavy atom. The molecule has 2 heterocycles. The predicted octanol–water partition coefficient (Wildman–Crippen LogP) is 2.19. The first-order chi connectivity index (χ1) is 9.63. The average molecular weight is 296 g/mol. The summed E-state index contributed by atoms with van der Waals surface area (Å²) < 4.78 is 5.59. The van der Waals surface area contributed by atoms with Crippen molar-refractivity contribution >= 4 is 17.7 Å². The molecule has 1 aliphatic heterocycles. The Labute approximate surface area is 125 Å². The van der Waals surface area contributed by atoms with Crippen molar-refractivity contribution < 1.29 is 4.42 Å². The summed E-state index contributed by atoms with van der Waals surface area (Å²) in [7, 11) is 1.83. The van der Waals surface area contributed by atoms with E-state index in [1.807, 2.05) is 20.9 Å². The van der Waals surface area contributed by atoms with Crippen molar-refractivity contribution in [2.24, 2.45) is 4.99 Å². The van der Waals surface area contributed by atoms with Gasteiger partial charge >= 0.3 is 0 Å². The number of hydrogen-bond acceptors (Lipinski definition) is 4. The molecule has 1 aliphatic rings. The van der Waals surface area contributed by atoms with Gasteiger partial charge in [0, 0.05) is 31.1 Å². The number of hydrogen-bond donors (Lipinski definition) is 1. The minimum Gasteiger partial charge on any atom is -0.444 e. The van der Waals surface area contributed by atoms with Gasteiger partial charge in [0.25, 0.3) is 0 Å². The normalized spacial score (nSPS) is 20.3. The second-order valence-corrected chi connectivity index (χ2v) is 6.41. The van der Waals surface area contributed by atoms with Crippen molar-refractivity contribution in [2.75, 3.05) is 25.9 Å². The molecule has 1 aromatic heterocycles. The number of thioether (sulfide) groups is 1. The van der Waals surface area contributed by atoms with Crippen LogP contribution in [0.25, 0.3) is 0 Å². The number of oxazole rings is 1. The summed E-state index contributed by atoms with van der Waals surface area (Å²) in [6.07, 6.45) is 1.20. The second kappa shape index (κ2) is 7.02. The molecule has 0 aliphatic carbocycles. The predicted molar refractivity (Wildman–Crippen MR) is 84.3 cm³/mol. The highest BCUT2D eigenvalue weighted by molar-refractivity contribution is 8.00. The van der Waals surface area contributed by atoms with Crippen LogP contribution in [-0.2, 0) is 6.54 Å². The molecule has 1 fully saturated rings. The van der Waals surface area contributed by atoms with Crippen molar-refractivity contribution in [1.82, 2.24) is 15.2 Å². The lowest BCUT2D eigenvalue weighted by molar-refractivity contribution is 0.400. The van der Waals surface area contributed by atoms with Crippen molar-refractivity contribution in [3.63, 3.8) is 0 Å². The SMILES string of the molecule is CCC1CN(C(=NC)NCc2nc(C)c(C)o2)CCS1. The molecule has 0 bridgehead atoms. The Kier molecular flexibility index (Phi) is 5.34. The van der Waals surface area contributed by atoms with Crippen molar-refractivity contribution in [1.29, 1.82) is 0 Å². The zero-order chi connectivity index (χ0) is 14.5. The summed E-state index contributed by atoms with van der Waals surface area (Å²) >= 11 is 2.06. The van der Waals surface area contributed by atoms with Crippen LogP contribution >= 0.6 is 11.8 Å². The lowest BCUT2D eigenvalue weighted by Crippen LogP contribution is -2.47. The van der Waals surface area contributed by atoms with Crippen molar-refractivity contribution in [2.45, 2.75) is 39.0 Å². The van der Waals surface area contributed by atoms with E-state index in [1.165, 1.54) is 6.42 Å². The Morgan fingerprint density at radius 1 is 1.55 bits per heavy atom. The molecule has 112 valence electrons. The second-order valence-electron chi connectivity index (χ2n) is 5.00. The maximum absolute atomic E-state index is 5.59. The molecule has 1 saturated heterocycles. The molecule has 0 radical (unpaired) electrons. The molecule has 1 atom stereocenters. The minimum absolute atomic E-state index is 0.585. The number of aliphatic imine (C=N–C) groups is 1. The van der Waals surface area contributed by atoms with Gasteiger partial charge in [-0.1, -0.05) is 6.92 Å². The smallest absolute Gasteiger partial charge is 0.214 e. The van der Waals surface area contributed by atoms with E-state index in [1.54, 1.807) is 0 Å². The summed E-state index contributed by atoms with van der Waals surface area (Å²) in [5, 5.41) is 4.05. The van der Waals surface area contributed by atoms with E-state index in [0.29, 0.717) is 11.8 Å². The maximum atomic E-state index is 5.59. The molecule has 0 saturated carbocycles. The van der Waals surface area contributed by atoms with Crippen LogP contribution < -0.4 is 5.32 Å². The molecular formula is C14H24N4OS. The van der Waals surface area contributed by atoms with Crippen molar-refractivity contribution in [3.8, 4) is 0 Å². The molecule has 20 heavy (non-hydrogen) atoms. The van der Waals surface area contributed by atoms with Gasteiger partial charge in [-0.2, -0.15) is 11.8 Å². The highest BCUT2D eigenvalue weighted by Gasteiger charge is 2.21. The molecule has 2 rings (SSSR count). The van der Waals surface area contributed by atoms with Crippen LogP contribution in [0.1, 0.15) is 30.7 Å². The van der Waals surface area contributed by atoms with E-state index in [4.69, 9.17) is 4.42 Å². The van der Waals surface area contributed by atoms with Gasteiger partial charge in [-0.3, -0.25) is 4.99 Å². The van der Waals surface area contributed by atoms with Gasteiger partial charge in [0.1, 0.15) is 5.76 Å². The van der Waals surface area contributed by atoms with Gasteiger partial charge < -0.3 is 14.6 Å². The summed E-state index contributed by atoms with van der Waals surface area (Å²) in [6, 6.07) is 0. The van der Waals surface area contributed by atoms with Crippen LogP contribution in [0.3, 0.4) is 0 Å². The van der Waals surface area contributed by atoms with Gasteiger partial charge in [-0.05, 0) is 20.3 Å². The van der Waals surface area contributed by atoms with Gasteiger partial charge in [-0.25, -0.2) is 4.98 Å². The average Bonchev–Trinajstić information content (AvgIpc) is 2.78. The standard InChI is InChI=1S/C14H24N4OS/c1-5-12-9-18(6-7-20-12)14(15-4)16-8-13-17-10(2)11(3)19-13/h12H,5-9H2,1-4H3,(H,15,16). The van der Waals surface area contributed by atoms with Crippen LogP contribution in [0.4, 0.5) is 0 Å². The molecular weight excluding hydrogens is 272 g/mol. The van der Waals surface area contributed by atoms with Gasteiger partial charge in [0.2, 0.25) is 5.89 Å². The van der Waals surface area contributed by atoms with E-state index in [0.717, 1.165) is 42.1 Å². The summed E-state index contributed by atoms with van der Waals surface area (Å²) in [5.74, 6) is 3.71. The van der Waals surface area contributed by atoms with E-state index in [-0.39, 0.29) is 0 Å². The fourth-order valence-corrected chi connectivity index (χ4v) is 3.44. The van der Waals surface area contributed by atoms with Crippen molar-refractivity contribution in [3.05, 3.63) is 17.3 Å². The number of nitrogens with zero attached hydrogens (tertiary/aromatic N) is 3. The third-order valence-electron chi connectivity index (χ3n) is 3.58. The number of aromatic nitrogens is 1. The zero-order valence-electron chi connectivity index (χ0n) is 12.8. The third kappa shape index (κ3) is 3.69. The largest absolute Gasteiger partial charge is 0.444 e. The fourth-order valence-electron chi connectivity index (χ4n) is 2.26. The molecule has 0 amide bonds. The Hall–Kier alpha value is -1.17. The number of aryl methyl sites for hydroxylation is 2. The zero-order valence-corrected chi connectivity index (χ0v) is 13.6. The monoisotopic (exact) mass is 296 g/mol. The third-order valence-corrected chi connectivity index (χ3v) is 4.95. The first kappa shape index (κ1) is 15.2.